The van der Waals surface area contributed by atoms with Gasteiger partial charge in [0.05, 0.1) is 23.2 Å². The lowest BCUT2D eigenvalue weighted by molar-refractivity contribution is -0.132. The van der Waals surface area contributed by atoms with Crippen LogP contribution in [0.1, 0.15) is 29.7 Å². The highest BCUT2D eigenvalue weighted by molar-refractivity contribution is 6.52. The van der Waals surface area contributed by atoms with E-state index in [9.17, 15) is 14.7 Å². The van der Waals surface area contributed by atoms with E-state index >= 15 is 0 Å². The number of ether oxygens (including phenoxy) is 1. The molecule has 168 valence electrons. The monoisotopic (exact) mass is 481 g/mol. The predicted molar refractivity (Wildman–Crippen MR) is 130 cm³/mol. The van der Waals surface area contributed by atoms with Gasteiger partial charge in [-0.2, -0.15) is 0 Å². The van der Waals surface area contributed by atoms with Crippen molar-refractivity contribution in [2.45, 2.75) is 19.9 Å². The SMILES string of the molecule is CCOc1ccc(Cl)c(/C(O)=C2\C(=O)C(=O)N(c3ccc(Cl)cc3)C2c2cccc(C)c2)c1. The summed E-state index contributed by atoms with van der Waals surface area (Å²) in [5, 5.41) is 12.0. The molecular weight excluding hydrogens is 461 g/mol. The average Bonchev–Trinajstić information content (AvgIpc) is 3.06. The predicted octanol–water partition coefficient (Wildman–Crippen LogP) is 6.33. The molecule has 5 nitrogen and oxygen atoms in total. The lowest BCUT2D eigenvalue weighted by Crippen LogP contribution is -2.29. The molecule has 3 aromatic carbocycles. The maximum Gasteiger partial charge on any atom is 0.300 e. The maximum atomic E-state index is 13.3. The lowest BCUT2D eigenvalue weighted by atomic mass is 9.94. The van der Waals surface area contributed by atoms with Gasteiger partial charge in [-0.3, -0.25) is 14.5 Å². The van der Waals surface area contributed by atoms with Gasteiger partial charge in [-0.1, -0.05) is 53.0 Å². The molecule has 0 radical (unpaired) electrons. The zero-order valence-corrected chi connectivity index (χ0v) is 19.5. The van der Waals surface area contributed by atoms with Crippen molar-refractivity contribution in [3.63, 3.8) is 0 Å². The molecule has 0 saturated carbocycles. The topological polar surface area (TPSA) is 66.8 Å². The Balaban J connectivity index is 1.96. The molecule has 1 fully saturated rings. The van der Waals surface area contributed by atoms with E-state index in [1.807, 2.05) is 38.1 Å². The minimum absolute atomic E-state index is 0.0453. The molecule has 1 amide bonds. The summed E-state index contributed by atoms with van der Waals surface area (Å²) in [7, 11) is 0. The smallest absolute Gasteiger partial charge is 0.300 e. The third-order valence-corrected chi connectivity index (χ3v) is 5.99. The largest absolute Gasteiger partial charge is 0.507 e. The van der Waals surface area contributed by atoms with E-state index < -0.39 is 17.7 Å². The molecule has 33 heavy (non-hydrogen) atoms. The minimum Gasteiger partial charge on any atom is -0.507 e. The van der Waals surface area contributed by atoms with Crippen LogP contribution in [0.25, 0.3) is 5.76 Å². The van der Waals surface area contributed by atoms with Gasteiger partial charge in [-0.05, 0) is 61.9 Å². The standard InChI is InChI=1S/C26H21Cl2NO4/c1-3-33-19-11-12-21(28)20(14-19)24(30)22-23(16-6-4-5-15(2)13-16)29(26(32)25(22)31)18-9-7-17(27)8-10-18/h4-14,23,30H,3H2,1-2H3/b24-22+. The van der Waals surface area contributed by atoms with E-state index in [1.54, 1.807) is 42.5 Å². The zero-order valence-electron chi connectivity index (χ0n) is 18.0. The Morgan fingerprint density at radius 3 is 2.42 bits per heavy atom. The number of aryl methyl sites for hydroxylation is 1. The number of rotatable bonds is 5. The maximum absolute atomic E-state index is 13.3. The van der Waals surface area contributed by atoms with Gasteiger partial charge < -0.3 is 9.84 Å². The van der Waals surface area contributed by atoms with Gasteiger partial charge >= 0.3 is 0 Å². The Kier molecular flexibility index (Phi) is 6.45. The van der Waals surface area contributed by atoms with E-state index in [-0.39, 0.29) is 21.9 Å². The van der Waals surface area contributed by atoms with Gasteiger partial charge in [-0.15, -0.1) is 0 Å². The Hall–Kier alpha value is -3.28. The molecule has 0 bridgehead atoms. The van der Waals surface area contributed by atoms with Crippen LogP contribution in [0.5, 0.6) is 5.75 Å². The number of Topliss-reactive ketones (excluding diaryl/α,β-unsaturated/α-hetero) is 1. The van der Waals surface area contributed by atoms with Crippen LogP contribution in [0.4, 0.5) is 5.69 Å². The van der Waals surface area contributed by atoms with Gasteiger partial charge in [0.2, 0.25) is 0 Å². The summed E-state index contributed by atoms with van der Waals surface area (Å²) < 4.78 is 5.52. The first kappa shape index (κ1) is 22.9. The number of carbonyl (C=O) groups excluding carboxylic acids is 2. The molecule has 7 heteroatoms. The van der Waals surface area contributed by atoms with Crippen LogP contribution in [0, 0.1) is 6.92 Å². The number of aliphatic hydroxyl groups is 1. The summed E-state index contributed by atoms with van der Waals surface area (Å²) in [5.74, 6) is -1.42. The number of nitrogens with zero attached hydrogens (tertiary/aromatic N) is 1. The van der Waals surface area contributed by atoms with Crippen LogP contribution in [0.15, 0.2) is 72.3 Å². The lowest BCUT2D eigenvalue weighted by Gasteiger charge is -2.26. The van der Waals surface area contributed by atoms with Gasteiger partial charge in [0.1, 0.15) is 11.5 Å². The summed E-state index contributed by atoms with van der Waals surface area (Å²) in [6.45, 7) is 4.18. The normalized spacial score (nSPS) is 17.5. The zero-order chi connectivity index (χ0) is 23.7. The highest BCUT2D eigenvalue weighted by Gasteiger charge is 2.47. The number of aliphatic hydroxyl groups excluding tert-OH is 1. The molecule has 0 aliphatic carbocycles. The molecule has 0 aromatic heterocycles. The van der Waals surface area contributed by atoms with Gasteiger partial charge in [-0.25, -0.2) is 0 Å². The Morgan fingerprint density at radius 2 is 1.76 bits per heavy atom. The van der Waals surface area contributed by atoms with Crippen molar-refractivity contribution >= 4 is 46.3 Å². The van der Waals surface area contributed by atoms with E-state index in [2.05, 4.69) is 0 Å². The quantitative estimate of drug-likeness (QED) is 0.262. The van der Waals surface area contributed by atoms with Crippen LogP contribution in [-0.2, 0) is 9.59 Å². The molecule has 3 aromatic rings. The number of hydrogen-bond acceptors (Lipinski definition) is 4. The first-order chi connectivity index (χ1) is 15.8. The van der Waals surface area contributed by atoms with Gasteiger partial charge in [0, 0.05) is 16.3 Å². The van der Waals surface area contributed by atoms with Crippen molar-refractivity contribution in [1.82, 2.24) is 0 Å². The molecule has 1 atom stereocenters. The summed E-state index contributed by atoms with van der Waals surface area (Å²) in [6.07, 6.45) is 0. The number of halogens is 2. The molecule has 1 heterocycles. The van der Waals surface area contributed by atoms with Crippen molar-refractivity contribution in [1.29, 1.82) is 0 Å². The van der Waals surface area contributed by atoms with Crippen LogP contribution < -0.4 is 9.64 Å². The van der Waals surface area contributed by atoms with Crippen LogP contribution >= 0.6 is 23.2 Å². The van der Waals surface area contributed by atoms with E-state index in [1.165, 1.54) is 4.90 Å². The number of benzene rings is 3. The fraction of sp³-hybridized carbons (Fsp3) is 0.154. The third-order valence-electron chi connectivity index (χ3n) is 5.41. The number of anilines is 1. The molecule has 1 aliphatic rings. The van der Waals surface area contributed by atoms with Gasteiger partial charge in [0.25, 0.3) is 11.7 Å². The van der Waals surface area contributed by atoms with Crippen molar-refractivity contribution in [2.75, 3.05) is 11.5 Å². The molecule has 4 rings (SSSR count). The van der Waals surface area contributed by atoms with Crippen molar-refractivity contribution < 1.29 is 19.4 Å². The van der Waals surface area contributed by atoms with Crippen molar-refractivity contribution in [3.8, 4) is 5.75 Å². The van der Waals surface area contributed by atoms with E-state index in [4.69, 9.17) is 27.9 Å². The molecule has 0 spiro atoms. The highest BCUT2D eigenvalue weighted by Crippen LogP contribution is 2.43. The first-order valence-corrected chi connectivity index (χ1v) is 11.1. The Bertz CT molecular complexity index is 1270. The molecule has 1 unspecified atom stereocenters. The summed E-state index contributed by atoms with van der Waals surface area (Å²) in [5.41, 5.74) is 2.29. The summed E-state index contributed by atoms with van der Waals surface area (Å²) >= 11 is 12.4. The minimum atomic E-state index is -0.849. The fourth-order valence-corrected chi connectivity index (χ4v) is 4.28. The molecule has 1 aliphatic heterocycles. The van der Waals surface area contributed by atoms with Gasteiger partial charge in [0.15, 0.2) is 0 Å². The van der Waals surface area contributed by atoms with Crippen LogP contribution in [0.2, 0.25) is 10.0 Å². The number of hydrogen-bond donors (Lipinski definition) is 1. The van der Waals surface area contributed by atoms with E-state index in [0.717, 1.165) is 5.56 Å². The summed E-state index contributed by atoms with van der Waals surface area (Å²) in [4.78, 5) is 27.8. The number of ketones is 1. The first-order valence-electron chi connectivity index (χ1n) is 10.4. The summed E-state index contributed by atoms with van der Waals surface area (Å²) in [6, 6.07) is 18.0. The van der Waals surface area contributed by atoms with Crippen LogP contribution in [-0.4, -0.2) is 23.4 Å². The Labute approximate surface area is 201 Å². The molecule has 1 saturated heterocycles. The van der Waals surface area contributed by atoms with E-state index in [0.29, 0.717) is 28.6 Å². The van der Waals surface area contributed by atoms with Crippen molar-refractivity contribution in [3.05, 3.63) is 99.0 Å². The Morgan fingerprint density at radius 1 is 1.03 bits per heavy atom. The number of amides is 1. The molecular formula is C26H21Cl2NO4. The second-order valence-corrected chi connectivity index (χ2v) is 8.48. The number of carbonyl (C=O) groups is 2. The second kappa shape index (κ2) is 9.30. The second-order valence-electron chi connectivity index (χ2n) is 7.63. The average molecular weight is 482 g/mol. The van der Waals surface area contributed by atoms with Crippen LogP contribution in [0.3, 0.4) is 0 Å². The van der Waals surface area contributed by atoms with Crippen molar-refractivity contribution in [2.24, 2.45) is 0 Å². The third kappa shape index (κ3) is 4.34. The molecule has 1 N–H and O–H groups in total. The highest BCUT2D eigenvalue weighted by atomic mass is 35.5. The fourth-order valence-electron chi connectivity index (χ4n) is 3.94.